The van der Waals surface area contributed by atoms with Crippen molar-refractivity contribution in [1.82, 2.24) is 0 Å². The van der Waals surface area contributed by atoms with Crippen molar-refractivity contribution in [2.45, 2.75) is 0 Å². The number of thiophene rings is 1. The standard InChI is InChI=1S/C10H8O.C4H4BO2S/c1-2-7-10-9(5-1)6-3-4-8-11-10;6-5-7-4-2-1-3-8-4/h1-8H;1-3,6H. The zero-order chi connectivity index (χ0) is 13.3. The summed E-state index contributed by atoms with van der Waals surface area (Å²) in [5.74, 6) is 0.914. The largest absolute Gasteiger partial charge is 0.569 e. The van der Waals surface area contributed by atoms with Gasteiger partial charge in [-0.05, 0) is 29.7 Å². The van der Waals surface area contributed by atoms with Gasteiger partial charge < -0.3 is 14.4 Å². The highest BCUT2D eigenvalue weighted by molar-refractivity contribution is 7.11. The summed E-state index contributed by atoms with van der Waals surface area (Å²) in [7, 11) is 0.672. The van der Waals surface area contributed by atoms with Gasteiger partial charge in [-0.15, -0.1) is 11.3 Å². The van der Waals surface area contributed by atoms with Crippen LogP contribution in [0.25, 0.3) is 6.08 Å². The van der Waals surface area contributed by atoms with Gasteiger partial charge in [0.2, 0.25) is 0 Å². The minimum atomic E-state index is 0.672. The van der Waals surface area contributed by atoms with Crippen molar-refractivity contribution in [2.75, 3.05) is 0 Å². The third-order valence-corrected chi connectivity index (χ3v) is 3.00. The zero-order valence-corrected chi connectivity index (χ0v) is 10.9. The normalized spacial score (nSPS) is 11.4. The Kier molecular flexibility index (Phi) is 5.28. The number of para-hydroxylation sites is 1. The molecule has 1 N–H and O–H groups in total. The maximum Gasteiger partial charge on any atom is 0.569 e. The first-order valence-corrected chi connectivity index (χ1v) is 6.53. The summed E-state index contributed by atoms with van der Waals surface area (Å²) in [6.45, 7) is 0. The highest BCUT2D eigenvalue weighted by atomic mass is 32.1. The lowest BCUT2D eigenvalue weighted by Gasteiger charge is -2.00. The van der Waals surface area contributed by atoms with Crippen molar-refractivity contribution in [3.05, 3.63) is 65.8 Å². The molecule has 0 atom stereocenters. The Morgan fingerprint density at radius 1 is 1.11 bits per heavy atom. The summed E-state index contributed by atoms with van der Waals surface area (Å²) in [5.41, 5.74) is 1.12. The van der Waals surface area contributed by atoms with E-state index in [1.165, 1.54) is 11.3 Å². The second-order valence-corrected chi connectivity index (χ2v) is 4.41. The predicted octanol–water partition coefficient (Wildman–Crippen LogP) is 3.26. The number of fused-ring (bicyclic) bond motifs is 1. The first-order chi connectivity index (χ1) is 9.40. The molecule has 2 heterocycles. The van der Waals surface area contributed by atoms with Crippen LogP contribution in [0.15, 0.2) is 60.2 Å². The number of ether oxygens (including phenoxy) is 1. The summed E-state index contributed by atoms with van der Waals surface area (Å²) in [6, 6.07) is 11.6. The van der Waals surface area contributed by atoms with E-state index in [2.05, 4.69) is 4.65 Å². The van der Waals surface area contributed by atoms with Gasteiger partial charge in [0.15, 0.2) is 5.06 Å². The summed E-state index contributed by atoms with van der Waals surface area (Å²) < 4.78 is 9.90. The Morgan fingerprint density at radius 3 is 2.79 bits per heavy atom. The minimum absolute atomic E-state index is 0.672. The number of allylic oxidation sites excluding steroid dienone is 2. The minimum Gasteiger partial charge on any atom is -0.530 e. The summed E-state index contributed by atoms with van der Waals surface area (Å²) in [5, 5.41) is 10.7. The van der Waals surface area contributed by atoms with Crippen LogP contribution in [0.2, 0.25) is 0 Å². The molecule has 1 aliphatic rings. The maximum absolute atomic E-state index is 8.10. The number of benzene rings is 1. The second-order valence-electron chi connectivity index (χ2n) is 3.50. The zero-order valence-electron chi connectivity index (χ0n) is 10.1. The van der Waals surface area contributed by atoms with Gasteiger partial charge in [0, 0.05) is 5.56 Å². The Labute approximate surface area is 116 Å². The van der Waals surface area contributed by atoms with Crippen LogP contribution in [0.4, 0.5) is 0 Å². The van der Waals surface area contributed by atoms with Crippen LogP contribution in [0.5, 0.6) is 10.8 Å². The third-order valence-electron chi connectivity index (χ3n) is 2.24. The van der Waals surface area contributed by atoms with E-state index in [1.54, 1.807) is 12.3 Å². The van der Waals surface area contributed by atoms with E-state index < -0.39 is 0 Å². The third kappa shape index (κ3) is 4.32. The van der Waals surface area contributed by atoms with Gasteiger partial charge in [0.25, 0.3) is 0 Å². The van der Waals surface area contributed by atoms with Crippen molar-refractivity contribution in [3.63, 3.8) is 0 Å². The summed E-state index contributed by atoms with van der Waals surface area (Å²) >= 11 is 1.43. The lowest BCUT2D eigenvalue weighted by atomic mass is 10.2. The maximum atomic E-state index is 8.10. The summed E-state index contributed by atoms with van der Waals surface area (Å²) in [4.78, 5) is 0. The fourth-order valence-electron chi connectivity index (χ4n) is 1.43. The molecule has 0 unspecified atom stereocenters. The van der Waals surface area contributed by atoms with Crippen molar-refractivity contribution in [3.8, 4) is 10.8 Å². The lowest BCUT2D eigenvalue weighted by Crippen LogP contribution is -1.96. The van der Waals surface area contributed by atoms with E-state index in [-0.39, 0.29) is 0 Å². The highest BCUT2D eigenvalue weighted by Crippen LogP contribution is 2.21. The van der Waals surface area contributed by atoms with Crippen LogP contribution in [0.3, 0.4) is 0 Å². The Hall–Kier alpha value is -1.98. The molecule has 19 heavy (non-hydrogen) atoms. The molecule has 0 amide bonds. The molecule has 0 spiro atoms. The molecule has 0 fully saturated rings. The molecular formula is C14H12BO3S. The molecule has 1 aromatic heterocycles. The van der Waals surface area contributed by atoms with E-state index in [1.807, 2.05) is 53.9 Å². The fourth-order valence-corrected chi connectivity index (χ4v) is 1.97. The highest BCUT2D eigenvalue weighted by Gasteiger charge is 1.98. The SMILES string of the molecule is C1=COc2ccccc2C=C1.O[B]Oc1cccs1. The molecule has 1 aromatic carbocycles. The van der Waals surface area contributed by atoms with Crippen LogP contribution in [-0.4, -0.2) is 12.7 Å². The van der Waals surface area contributed by atoms with Gasteiger partial charge in [0.1, 0.15) is 5.75 Å². The van der Waals surface area contributed by atoms with Crippen LogP contribution in [0, 0.1) is 0 Å². The predicted molar refractivity (Wildman–Crippen MR) is 78.2 cm³/mol. The Balaban J connectivity index is 0.000000148. The first-order valence-electron chi connectivity index (χ1n) is 5.65. The Bertz CT molecular complexity index is 550. The molecule has 3 nitrogen and oxygen atoms in total. The quantitative estimate of drug-likeness (QED) is 0.852. The van der Waals surface area contributed by atoms with Crippen molar-refractivity contribution in [1.29, 1.82) is 0 Å². The van der Waals surface area contributed by atoms with Crippen molar-refractivity contribution < 1.29 is 14.4 Å². The van der Waals surface area contributed by atoms with Gasteiger partial charge in [-0.2, -0.15) is 0 Å². The van der Waals surface area contributed by atoms with Crippen molar-refractivity contribution in [2.24, 2.45) is 0 Å². The topological polar surface area (TPSA) is 38.7 Å². The molecule has 5 heteroatoms. The van der Waals surface area contributed by atoms with Gasteiger partial charge in [0.05, 0.1) is 6.26 Å². The average Bonchev–Trinajstić information content (AvgIpc) is 2.83. The van der Waals surface area contributed by atoms with Crippen LogP contribution >= 0.6 is 11.3 Å². The van der Waals surface area contributed by atoms with E-state index in [4.69, 9.17) is 9.76 Å². The van der Waals surface area contributed by atoms with E-state index in [0.29, 0.717) is 12.7 Å². The van der Waals surface area contributed by atoms with Crippen molar-refractivity contribution >= 4 is 25.1 Å². The lowest BCUT2D eigenvalue weighted by molar-refractivity contribution is 0.461. The van der Waals surface area contributed by atoms with E-state index in [9.17, 15) is 0 Å². The number of hydrogen-bond donors (Lipinski definition) is 1. The molecule has 0 aliphatic carbocycles. The second kappa shape index (κ2) is 7.46. The van der Waals surface area contributed by atoms with Gasteiger partial charge in [-0.3, -0.25) is 0 Å². The number of rotatable bonds is 2. The van der Waals surface area contributed by atoms with Crippen LogP contribution in [0.1, 0.15) is 5.56 Å². The first kappa shape index (κ1) is 13.5. The molecule has 0 saturated carbocycles. The van der Waals surface area contributed by atoms with Crippen LogP contribution in [-0.2, 0) is 0 Å². The molecule has 0 saturated heterocycles. The average molecular weight is 271 g/mol. The molecule has 1 radical (unpaired) electrons. The molecule has 2 aromatic rings. The van der Waals surface area contributed by atoms with Gasteiger partial charge in [-0.1, -0.05) is 30.4 Å². The molecule has 1 aliphatic heterocycles. The molecule has 3 rings (SSSR count). The molecule has 0 bridgehead atoms. The van der Waals surface area contributed by atoms with Gasteiger partial charge >= 0.3 is 7.69 Å². The fraction of sp³-hybridized carbons (Fsp3) is 0. The monoisotopic (exact) mass is 271 g/mol. The van der Waals surface area contributed by atoms with Gasteiger partial charge in [-0.25, -0.2) is 0 Å². The van der Waals surface area contributed by atoms with E-state index >= 15 is 0 Å². The molecule has 95 valence electrons. The molecular weight excluding hydrogens is 259 g/mol. The smallest absolute Gasteiger partial charge is 0.530 e. The Morgan fingerprint density at radius 2 is 2.00 bits per heavy atom. The summed E-state index contributed by atoms with van der Waals surface area (Å²) in [6.07, 6.45) is 7.55. The van der Waals surface area contributed by atoms with E-state index in [0.717, 1.165) is 11.3 Å². The van der Waals surface area contributed by atoms with Crippen LogP contribution < -0.4 is 9.39 Å². The number of hydrogen-bond acceptors (Lipinski definition) is 4.